The van der Waals surface area contributed by atoms with E-state index in [9.17, 15) is 18.0 Å². The van der Waals surface area contributed by atoms with Crippen molar-refractivity contribution in [2.45, 2.75) is 19.0 Å². The molecule has 1 N–H and O–H groups in total. The van der Waals surface area contributed by atoms with Crippen LogP contribution in [0.25, 0.3) is 0 Å². The average molecular weight is 274 g/mol. The van der Waals surface area contributed by atoms with E-state index in [0.29, 0.717) is 0 Å². The second kappa shape index (κ2) is 5.11. The third-order valence-electron chi connectivity index (χ3n) is 3.12. The van der Waals surface area contributed by atoms with Crippen LogP contribution >= 0.6 is 0 Å². The molecule has 0 spiro atoms. The van der Waals surface area contributed by atoms with Crippen LogP contribution in [-0.4, -0.2) is 17.7 Å². The van der Waals surface area contributed by atoms with Gasteiger partial charge in [-0.1, -0.05) is 0 Å². The molecule has 0 bridgehead atoms. The lowest BCUT2D eigenvalue weighted by atomic mass is 10.1. The van der Waals surface area contributed by atoms with E-state index in [4.69, 9.17) is 9.84 Å². The van der Waals surface area contributed by atoms with Gasteiger partial charge in [-0.25, -0.2) is 0 Å². The summed E-state index contributed by atoms with van der Waals surface area (Å²) in [6, 6.07) is 4.24. The highest BCUT2D eigenvalue weighted by molar-refractivity contribution is 5.71. The van der Waals surface area contributed by atoms with Crippen LogP contribution in [0.1, 0.15) is 18.4 Å². The first-order valence-electron chi connectivity index (χ1n) is 5.91. The fraction of sp³-hybridized carbons (Fsp3) is 0.462. The van der Waals surface area contributed by atoms with Crippen molar-refractivity contribution in [2.24, 2.45) is 11.8 Å². The molecule has 0 radical (unpaired) electrons. The normalized spacial score (nSPS) is 17.0. The van der Waals surface area contributed by atoms with Gasteiger partial charge in [0.25, 0.3) is 0 Å². The molecule has 1 saturated carbocycles. The maximum Gasteiger partial charge on any atom is 0.416 e. The van der Waals surface area contributed by atoms with Gasteiger partial charge in [0.15, 0.2) is 0 Å². The molecule has 104 valence electrons. The van der Waals surface area contributed by atoms with E-state index >= 15 is 0 Å². The highest BCUT2D eigenvalue weighted by Gasteiger charge is 2.36. The highest BCUT2D eigenvalue weighted by atomic mass is 19.4. The predicted molar refractivity (Wildman–Crippen MR) is 60.8 cm³/mol. The Morgan fingerprint density at radius 3 is 2.32 bits per heavy atom. The molecule has 1 atom stereocenters. The summed E-state index contributed by atoms with van der Waals surface area (Å²) in [5.41, 5.74) is -0.753. The average Bonchev–Trinajstić information content (AvgIpc) is 3.13. The standard InChI is InChI=1S/C13H13F3O3/c14-13(15,16)9-3-5-10(6-4-9)19-7-11(12(17)18)8-1-2-8/h3-6,8,11H,1-2,7H2,(H,17,18). The monoisotopic (exact) mass is 274 g/mol. The van der Waals surface area contributed by atoms with E-state index in [-0.39, 0.29) is 18.3 Å². The Morgan fingerprint density at radius 1 is 1.32 bits per heavy atom. The molecule has 19 heavy (non-hydrogen) atoms. The zero-order chi connectivity index (χ0) is 14.0. The van der Waals surface area contributed by atoms with E-state index in [1.54, 1.807) is 0 Å². The van der Waals surface area contributed by atoms with Crippen molar-refractivity contribution >= 4 is 5.97 Å². The molecule has 0 aromatic heterocycles. The summed E-state index contributed by atoms with van der Waals surface area (Å²) in [6.45, 7) is -0.00857. The largest absolute Gasteiger partial charge is 0.493 e. The van der Waals surface area contributed by atoms with Gasteiger partial charge in [0, 0.05) is 0 Å². The van der Waals surface area contributed by atoms with Crippen LogP contribution in [0, 0.1) is 11.8 Å². The van der Waals surface area contributed by atoms with Crippen LogP contribution in [0.4, 0.5) is 13.2 Å². The molecule has 1 aromatic carbocycles. The molecule has 1 aliphatic carbocycles. The number of aliphatic carboxylic acids is 1. The van der Waals surface area contributed by atoms with Crippen molar-refractivity contribution < 1.29 is 27.8 Å². The van der Waals surface area contributed by atoms with Gasteiger partial charge in [0.1, 0.15) is 12.4 Å². The Morgan fingerprint density at radius 2 is 1.89 bits per heavy atom. The first-order chi connectivity index (χ1) is 8.88. The first kappa shape index (κ1) is 13.7. The number of rotatable bonds is 5. The molecule has 0 saturated heterocycles. The van der Waals surface area contributed by atoms with Crippen LogP contribution in [0.3, 0.4) is 0 Å². The van der Waals surface area contributed by atoms with E-state index in [0.717, 1.165) is 25.0 Å². The minimum absolute atomic E-state index is 0.00857. The molecular weight excluding hydrogens is 261 g/mol. The molecule has 0 heterocycles. The van der Waals surface area contributed by atoms with E-state index < -0.39 is 23.6 Å². The SMILES string of the molecule is O=C(O)C(COc1ccc(C(F)(F)F)cc1)C1CC1. The number of carboxylic acids is 1. The van der Waals surface area contributed by atoms with Gasteiger partial charge in [0.2, 0.25) is 0 Å². The summed E-state index contributed by atoms with van der Waals surface area (Å²) in [4.78, 5) is 11.0. The fourth-order valence-corrected chi connectivity index (χ4v) is 1.83. The predicted octanol–water partition coefficient (Wildman–Crippen LogP) is 3.20. The number of ether oxygens (including phenoxy) is 1. The van der Waals surface area contributed by atoms with Crippen LogP contribution in [-0.2, 0) is 11.0 Å². The Labute approximate surface area is 108 Å². The summed E-state index contributed by atoms with van der Waals surface area (Å²) in [6.07, 6.45) is -2.64. The third-order valence-corrected chi connectivity index (χ3v) is 3.12. The number of carbonyl (C=O) groups is 1. The lowest BCUT2D eigenvalue weighted by Gasteiger charge is -2.13. The van der Waals surface area contributed by atoms with E-state index in [2.05, 4.69) is 0 Å². The molecule has 1 aromatic rings. The minimum Gasteiger partial charge on any atom is -0.493 e. The van der Waals surface area contributed by atoms with Crippen molar-refractivity contribution in [1.29, 1.82) is 0 Å². The van der Waals surface area contributed by atoms with Gasteiger partial charge < -0.3 is 9.84 Å². The Hall–Kier alpha value is -1.72. The summed E-state index contributed by atoms with van der Waals surface area (Å²) >= 11 is 0. The zero-order valence-corrected chi connectivity index (χ0v) is 9.98. The maximum absolute atomic E-state index is 12.3. The van der Waals surface area contributed by atoms with Gasteiger partial charge in [-0.2, -0.15) is 13.2 Å². The van der Waals surface area contributed by atoms with Crippen LogP contribution in [0.2, 0.25) is 0 Å². The summed E-state index contributed by atoms with van der Waals surface area (Å²) in [5.74, 6) is -1.12. The second-order valence-corrected chi connectivity index (χ2v) is 4.62. The van der Waals surface area contributed by atoms with Gasteiger partial charge in [0.05, 0.1) is 11.5 Å². The lowest BCUT2D eigenvalue weighted by Crippen LogP contribution is -2.23. The van der Waals surface area contributed by atoms with Gasteiger partial charge in [-0.3, -0.25) is 4.79 Å². The molecule has 3 nitrogen and oxygen atoms in total. The summed E-state index contributed by atoms with van der Waals surface area (Å²) in [5, 5.41) is 8.98. The molecule has 0 amide bonds. The van der Waals surface area contributed by atoms with E-state index in [1.165, 1.54) is 12.1 Å². The Kier molecular flexibility index (Phi) is 3.68. The van der Waals surface area contributed by atoms with Crippen molar-refractivity contribution in [3.63, 3.8) is 0 Å². The maximum atomic E-state index is 12.3. The molecule has 1 fully saturated rings. The van der Waals surface area contributed by atoms with Crippen molar-refractivity contribution in [1.82, 2.24) is 0 Å². The molecule has 0 aliphatic heterocycles. The number of hydrogen-bond donors (Lipinski definition) is 1. The van der Waals surface area contributed by atoms with Crippen molar-refractivity contribution in [3.05, 3.63) is 29.8 Å². The number of hydrogen-bond acceptors (Lipinski definition) is 2. The number of carboxylic acid groups (broad SMARTS) is 1. The topological polar surface area (TPSA) is 46.5 Å². The third kappa shape index (κ3) is 3.62. The fourth-order valence-electron chi connectivity index (χ4n) is 1.83. The first-order valence-corrected chi connectivity index (χ1v) is 5.91. The number of benzene rings is 1. The smallest absolute Gasteiger partial charge is 0.416 e. The second-order valence-electron chi connectivity index (χ2n) is 4.62. The van der Waals surface area contributed by atoms with Crippen LogP contribution in [0.5, 0.6) is 5.75 Å². The molecular formula is C13H13F3O3. The van der Waals surface area contributed by atoms with Crippen LogP contribution < -0.4 is 4.74 Å². The van der Waals surface area contributed by atoms with Crippen molar-refractivity contribution in [3.8, 4) is 5.75 Å². The Bertz CT molecular complexity index is 449. The van der Waals surface area contributed by atoms with Crippen molar-refractivity contribution in [2.75, 3.05) is 6.61 Å². The summed E-state index contributed by atoms with van der Waals surface area (Å²) in [7, 11) is 0. The molecule has 1 unspecified atom stereocenters. The summed E-state index contributed by atoms with van der Waals surface area (Å²) < 4.78 is 42.3. The van der Waals surface area contributed by atoms with E-state index in [1.807, 2.05) is 0 Å². The number of halogens is 3. The highest BCUT2D eigenvalue weighted by Crippen LogP contribution is 2.37. The number of alkyl halides is 3. The molecule has 6 heteroatoms. The van der Waals surface area contributed by atoms with Crippen LogP contribution in [0.15, 0.2) is 24.3 Å². The molecule has 1 aliphatic rings. The quantitative estimate of drug-likeness (QED) is 0.896. The molecule has 2 rings (SSSR count). The van der Waals surface area contributed by atoms with Gasteiger partial charge in [-0.15, -0.1) is 0 Å². The Balaban J connectivity index is 1.94. The lowest BCUT2D eigenvalue weighted by molar-refractivity contribution is -0.143. The van der Waals surface area contributed by atoms with Gasteiger partial charge >= 0.3 is 12.1 Å². The minimum atomic E-state index is -4.38. The van der Waals surface area contributed by atoms with Gasteiger partial charge in [-0.05, 0) is 43.0 Å². The zero-order valence-electron chi connectivity index (χ0n) is 9.98.